The first kappa shape index (κ1) is 21.2. The largest absolute Gasteiger partial charge is 0.493 e. The first-order chi connectivity index (χ1) is 13.0. The maximum absolute atomic E-state index is 15.0. The van der Waals surface area contributed by atoms with Crippen LogP contribution in [0.2, 0.25) is 0 Å². The lowest BCUT2D eigenvalue weighted by Crippen LogP contribution is -2.47. The highest BCUT2D eigenvalue weighted by Gasteiger charge is 2.38. The monoisotopic (exact) mass is 405 g/mol. The van der Waals surface area contributed by atoms with Crippen LogP contribution in [0.4, 0.5) is 17.6 Å². The number of hydrogen-bond acceptors (Lipinski definition) is 4. The zero-order chi connectivity index (χ0) is 20.7. The van der Waals surface area contributed by atoms with Gasteiger partial charge in [-0.1, -0.05) is 0 Å². The van der Waals surface area contributed by atoms with E-state index in [4.69, 9.17) is 14.2 Å². The lowest BCUT2D eigenvalue weighted by molar-refractivity contribution is -0.154. The number of nitrogens with zero attached hydrogens (tertiary/aromatic N) is 1. The summed E-state index contributed by atoms with van der Waals surface area (Å²) in [5.74, 6) is -1.21. The molecule has 2 aliphatic rings. The van der Waals surface area contributed by atoms with E-state index in [0.29, 0.717) is 18.5 Å². The summed E-state index contributed by atoms with van der Waals surface area (Å²) in [6.07, 6.45) is -2.39. The molecule has 2 aliphatic heterocycles. The molecular formula is C20H27F4NO3. The molecule has 1 aromatic rings. The van der Waals surface area contributed by atoms with Crippen LogP contribution in [0.1, 0.15) is 50.8 Å². The highest BCUT2D eigenvalue weighted by Crippen LogP contribution is 2.44. The van der Waals surface area contributed by atoms with E-state index in [0.717, 1.165) is 24.9 Å². The Hall–Kier alpha value is -1.54. The van der Waals surface area contributed by atoms with E-state index in [1.807, 2.05) is 20.8 Å². The van der Waals surface area contributed by atoms with Gasteiger partial charge >= 0.3 is 6.18 Å². The minimum Gasteiger partial charge on any atom is -0.493 e. The molecule has 8 heteroatoms. The smallest absolute Gasteiger partial charge is 0.422 e. The normalized spacial score (nSPS) is 23.1. The Morgan fingerprint density at radius 2 is 1.89 bits per heavy atom. The van der Waals surface area contributed by atoms with Gasteiger partial charge in [0.2, 0.25) is 0 Å². The number of benzene rings is 1. The van der Waals surface area contributed by atoms with Crippen molar-refractivity contribution in [2.45, 2.75) is 64.0 Å². The summed E-state index contributed by atoms with van der Waals surface area (Å²) in [5, 5.41) is 0. The molecule has 1 aromatic carbocycles. The average Bonchev–Trinajstić information content (AvgIpc) is 2.57. The van der Waals surface area contributed by atoms with Gasteiger partial charge in [-0.25, -0.2) is 4.39 Å². The third kappa shape index (κ3) is 4.71. The molecule has 2 unspecified atom stereocenters. The van der Waals surface area contributed by atoms with E-state index in [2.05, 4.69) is 4.90 Å². The lowest BCUT2D eigenvalue weighted by atomic mass is 9.85. The molecule has 0 aromatic heterocycles. The Balaban J connectivity index is 1.84. The summed E-state index contributed by atoms with van der Waals surface area (Å²) in [5.41, 5.74) is 0.967. The molecule has 1 saturated heterocycles. The number of fused-ring (bicyclic) bond motifs is 3. The molecule has 0 saturated carbocycles. The first-order valence-electron chi connectivity index (χ1n) is 9.49. The zero-order valence-electron chi connectivity index (χ0n) is 16.7. The van der Waals surface area contributed by atoms with Crippen molar-refractivity contribution in [2.24, 2.45) is 0 Å². The number of alkyl halides is 3. The number of rotatable bonds is 4. The second kappa shape index (κ2) is 7.71. The molecule has 1 fully saturated rings. The standard InChI is InChI=1S/C20H27F4NO3/c1-19(2,3)28-12-5-6-15-14-9-16(26-4)18(27-11-20(22,23)24)17(21)13(14)7-8-25(15)10-12/h9,12,15H,5-8,10-11H2,1-4H3. The van der Waals surface area contributed by atoms with Gasteiger partial charge in [0.05, 0.1) is 18.8 Å². The summed E-state index contributed by atoms with van der Waals surface area (Å²) in [7, 11) is 1.30. The number of ether oxygens (including phenoxy) is 3. The van der Waals surface area contributed by atoms with Gasteiger partial charge in [0.1, 0.15) is 0 Å². The number of hydrogen-bond donors (Lipinski definition) is 0. The van der Waals surface area contributed by atoms with Crippen LogP contribution in [0.15, 0.2) is 6.07 Å². The van der Waals surface area contributed by atoms with Crippen LogP contribution in [0, 0.1) is 5.82 Å². The highest BCUT2D eigenvalue weighted by atomic mass is 19.4. The number of halogens is 4. The van der Waals surface area contributed by atoms with Crippen LogP contribution in [0.25, 0.3) is 0 Å². The molecule has 4 nitrogen and oxygen atoms in total. The molecule has 0 N–H and O–H groups in total. The predicted molar refractivity (Wildman–Crippen MR) is 96.4 cm³/mol. The van der Waals surface area contributed by atoms with E-state index in [9.17, 15) is 13.2 Å². The molecule has 0 radical (unpaired) electrons. The van der Waals surface area contributed by atoms with Crippen LogP contribution in [-0.4, -0.2) is 49.6 Å². The maximum Gasteiger partial charge on any atom is 0.422 e. The average molecular weight is 405 g/mol. The SMILES string of the molecule is COc1cc2c(c(F)c1OCC(F)(F)F)CCN1CC(OC(C)(C)C)CCC21. The van der Waals surface area contributed by atoms with Crippen molar-refractivity contribution in [1.29, 1.82) is 0 Å². The van der Waals surface area contributed by atoms with E-state index < -0.39 is 24.3 Å². The third-order valence-electron chi connectivity index (χ3n) is 5.09. The molecule has 0 aliphatic carbocycles. The Bertz CT molecular complexity index is 715. The summed E-state index contributed by atoms with van der Waals surface area (Å²) < 4.78 is 68.6. The number of piperidine rings is 1. The van der Waals surface area contributed by atoms with Crippen molar-refractivity contribution in [3.63, 3.8) is 0 Å². The van der Waals surface area contributed by atoms with Gasteiger partial charge in [-0.15, -0.1) is 0 Å². The van der Waals surface area contributed by atoms with E-state index >= 15 is 4.39 Å². The second-order valence-electron chi connectivity index (χ2n) is 8.38. The zero-order valence-corrected chi connectivity index (χ0v) is 16.7. The molecule has 0 spiro atoms. The molecule has 2 heterocycles. The molecule has 2 atom stereocenters. The first-order valence-corrected chi connectivity index (χ1v) is 9.49. The van der Waals surface area contributed by atoms with Crippen LogP contribution in [0.3, 0.4) is 0 Å². The molecule has 28 heavy (non-hydrogen) atoms. The fourth-order valence-corrected chi connectivity index (χ4v) is 4.11. The summed E-state index contributed by atoms with van der Waals surface area (Å²) in [4.78, 5) is 2.26. The van der Waals surface area contributed by atoms with Crippen LogP contribution in [0.5, 0.6) is 11.5 Å². The Morgan fingerprint density at radius 1 is 1.18 bits per heavy atom. The summed E-state index contributed by atoms with van der Waals surface area (Å²) in [6, 6.07) is 1.63. The lowest BCUT2D eigenvalue weighted by Gasteiger charge is -2.45. The van der Waals surface area contributed by atoms with Gasteiger partial charge in [0.25, 0.3) is 0 Å². The summed E-state index contributed by atoms with van der Waals surface area (Å²) in [6.45, 7) is 5.88. The second-order valence-corrected chi connectivity index (χ2v) is 8.38. The molecule has 0 bridgehead atoms. The quantitative estimate of drug-likeness (QED) is 0.683. The van der Waals surface area contributed by atoms with Crippen molar-refractivity contribution in [2.75, 3.05) is 26.8 Å². The van der Waals surface area contributed by atoms with E-state index in [-0.39, 0.29) is 23.5 Å². The van der Waals surface area contributed by atoms with Gasteiger partial charge in [0, 0.05) is 19.1 Å². The van der Waals surface area contributed by atoms with Crippen molar-refractivity contribution >= 4 is 0 Å². The Kier molecular flexibility index (Phi) is 5.83. The van der Waals surface area contributed by atoms with Crippen molar-refractivity contribution in [3.8, 4) is 11.5 Å². The van der Waals surface area contributed by atoms with E-state index in [1.165, 1.54) is 7.11 Å². The molecule has 0 amide bonds. The highest BCUT2D eigenvalue weighted by molar-refractivity contribution is 5.51. The molecule has 158 valence electrons. The van der Waals surface area contributed by atoms with Gasteiger partial charge in [0.15, 0.2) is 23.9 Å². The third-order valence-corrected chi connectivity index (χ3v) is 5.09. The minimum atomic E-state index is -4.55. The van der Waals surface area contributed by atoms with Crippen molar-refractivity contribution < 1.29 is 31.8 Å². The van der Waals surface area contributed by atoms with E-state index in [1.54, 1.807) is 6.07 Å². The fraction of sp³-hybridized carbons (Fsp3) is 0.700. The van der Waals surface area contributed by atoms with Crippen molar-refractivity contribution in [3.05, 3.63) is 23.0 Å². The van der Waals surface area contributed by atoms with Crippen LogP contribution in [-0.2, 0) is 11.2 Å². The van der Waals surface area contributed by atoms with Gasteiger partial charge in [-0.3, -0.25) is 4.90 Å². The van der Waals surface area contributed by atoms with Gasteiger partial charge in [-0.05, 0) is 57.2 Å². The molecular weight excluding hydrogens is 378 g/mol. The van der Waals surface area contributed by atoms with Crippen LogP contribution < -0.4 is 9.47 Å². The topological polar surface area (TPSA) is 30.9 Å². The number of methoxy groups -OCH3 is 1. The Labute approximate surface area is 162 Å². The maximum atomic E-state index is 15.0. The van der Waals surface area contributed by atoms with Crippen molar-refractivity contribution in [1.82, 2.24) is 4.90 Å². The fourth-order valence-electron chi connectivity index (χ4n) is 4.11. The molecule has 3 rings (SSSR count). The van der Waals surface area contributed by atoms with Gasteiger partial charge < -0.3 is 14.2 Å². The van der Waals surface area contributed by atoms with Crippen LogP contribution >= 0.6 is 0 Å². The Morgan fingerprint density at radius 3 is 2.50 bits per heavy atom. The minimum absolute atomic E-state index is 0.00337. The van der Waals surface area contributed by atoms with Gasteiger partial charge in [-0.2, -0.15) is 13.2 Å². The predicted octanol–water partition coefficient (Wildman–Crippen LogP) is 4.65. The summed E-state index contributed by atoms with van der Waals surface area (Å²) >= 11 is 0.